The van der Waals surface area contributed by atoms with Crippen LogP contribution in [-0.4, -0.2) is 52.6 Å². The van der Waals surface area contributed by atoms with Crippen molar-refractivity contribution in [2.24, 2.45) is 0 Å². The van der Waals surface area contributed by atoms with Crippen molar-refractivity contribution in [1.29, 1.82) is 0 Å². The molecule has 2 aromatic carbocycles. The summed E-state index contributed by atoms with van der Waals surface area (Å²) in [6.07, 6.45) is 0.929. The highest BCUT2D eigenvalue weighted by molar-refractivity contribution is 7.95. The number of nitrogens with zero attached hydrogens (tertiary/aromatic N) is 3. The van der Waals surface area contributed by atoms with Crippen LogP contribution in [0.15, 0.2) is 36.4 Å². The van der Waals surface area contributed by atoms with Crippen molar-refractivity contribution in [3.05, 3.63) is 53.8 Å². The molecule has 0 aliphatic carbocycles. The molecule has 0 saturated carbocycles. The van der Waals surface area contributed by atoms with Crippen molar-refractivity contribution in [2.75, 3.05) is 47.9 Å². The van der Waals surface area contributed by atoms with Crippen LogP contribution in [0.2, 0.25) is 0 Å². The van der Waals surface area contributed by atoms with Crippen LogP contribution in [0.1, 0.15) is 6.42 Å². The summed E-state index contributed by atoms with van der Waals surface area (Å²) in [4.78, 5) is 2.10. The molecule has 0 bridgehead atoms. The number of para-hydroxylation sites is 1. The average Bonchev–Trinajstić information content (AvgIpc) is 2.84. The second-order valence-electron chi connectivity index (χ2n) is 6.97. The number of fused-ring (bicyclic) bond motifs is 1. The summed E-state index contributed by atoms with van der Waals surface area (Å²) in [6.45, 7) is 3.63. The topological polar surface area (TPSA) is 55.9 Å². The van der Waals surface area contributed by atoms with E-state index in [-0.39, 0.29) is 17.9 Å². The first-order valence-corrected chi connectivity index (χ1v) is 10.8. The molecular formula is C19H21F3N4O2S. The SMILES string of the molecule is O=S1(=O)N(CCN2CCCNCC2)c2c(F)cccc2N1c1cccc(F)c1F. The Morgan fingerprint density at radius 2 is 1.62 bits per heavy atom. The Morgan fingerprint density at radius 1 is 0.897 bits per heavy atom. The van der Waals surface area contributed by atoms with E-state index in [0.717, 1.165) is 55.1 Å². The second kappa shape index (κ2) is 7.85. The minimum absolute atomic E-state index is 0.00367. The molecule has 0 atom stereocenters. The standard InChI is InChI=1S/C19H21F3N4O2S/c20-14-4-1-6-16(18(14)22)26-17-7-2-5-15(21)19(17)25(29(26,27)28)13-12-24-10-3-8-23-9-11-24/h1-2,4-7,23H,3,8-13H2. The fourth-order valence-electron chi connectivity index (χ4n) is 3.74. The van der Waals surface area contributed by atoms with Gasteiger partial charge in [-0.3, -0.25) is 0 Å². The zero-order chi connectivity index (χ0) is 20.6. The lowest BCUT2D eigenvalue weighted by Gasteiger charge is -2.25. The van der Waals surface area contributed by atoms with Gasteiger partial charge in [-0.2, -0.15) is 8.42 Å². The first-order valence-electron chi connectivity index (χ1n) is 9.40. The van der Waals surface area contributed by atoms with Gasteiger partial charge in [0.2, 0.25) is 0 Å². The fraction of sp³-hybridized carbons (Fsp3) is 0.368. The minimum atomic E-state index is -4.33. The fourth-order valence-corrected chi connectivity index (χ4v) is 5.45. The molecule has 0 spiro atoms. The van der Waals surface area contributed by atoms with Crippen LogP contribution >= 0.6 is 0 Å². The third kappa shape index (κ3) is 3.56. The van der Waals surface area contributed by atoms with Crippen molar-refractivity contribution >= 4 is 27.3 Å². The Hall–Kier alpha value is -2.30. The van der Waals surface area contributed by atoms with Crippen molar-refractivity contribution in [1.82, 2.24) is 10.2 Å². The normalized spacial score (nSPS) is 19.3. The maximum Gasteiger partial charge on any atom is 0.331 e. The third-order valence-corrected chi connectivity index (χ3v) is 6.92. The van der Waals surface area contributed by atoms with Crippen molar-refractivity contribution in [3.8, 4) is 0 Å². The van der Waals surface area contributed by atoms with Gasteiger partial charge in [0.1, 0.15) is 11.5 Å². The predicted molar refractivity (Wildman–Crippen MR) is 105 cm³/mol. The van der Waals surface area contributed by atoms with E-state index in [9.17, 15) is 21.6 Å². The number of anilines is 3. The lowest BCUT2D eigenvalue weighted by atomic mass is 10.2. The molecule has 0 radical (unpaired) electrons. The molecule has 29 heavy (non-hydrogen) atoms. The maximum absolute atomic E-state index is 14.7. The highest BCUT2D eigenvalue weighted by Gasteiger charge is 2.44. The van der Waals surface area contributed by atoms with Crippen LogP contribution in [0.3, 0.4) is 0 Å². The molecule has 156 valence electrons. The first-order chi connectivity index (χ1) is 13.9. The Bertz CT molecular complexity index is 1010. The molecule has 10 heteroatoms. The van der Waals surface area contributed by atoms with E-state index in [1.54, 1.807) is 0 Å². The first kappa shape index (κ1) is 20.0. The molecule has 2 aliphatic rings. The molecule has 2 aliphatic heterocycles. The molecule has 2 aromatic rings. The van der Waals surface area contributed by atoms with E-state index in [4.69, 9.17) is 0 Å². The summed E-state index contributed by atoms with van der Waals surface area (Å²) in [5.41, 5.74) is -0.658. The van der Waals surface area contributed by atoms with Crippen molar-refractivity contribution in [2.45, 2.75) is 6.42 Å². The maximum atomic E-state index is 14.7. The van der Waals surface area contributed by atoms with Crippen LogP contribution in [-0.2, 0) is 10.2 Å². The molecule has 4 rings (SSSR count). The summed E-state index contributed by atoms with van der Waals surface area (Å²) in [5, 5.41) is 3.27. The number of rotatable bonds is 4. The van der Waals surface area contributed by atoms with Crippen molar-refractivity contribution in [3.63, 3.8) is 0 Å². The Balaban J connectivity index is 1.72. The molecule has 6 nitrogen and oxygen atoms in total. The van der Waals surface area contributed by atoms with Gasteiger partial charge in [-0.15, -0.1) is 0 Å². The highest BCUT2D eigenvalue weighted by Crippen LogP contribution is 2.47. The Morgan fingerprint density at radius 3 is 2.41 bits per heavy atom. The van der Waals surface area contributed by atoms with Gasteiger partial charge in [0, 0.05) is 26.2 Å². The average molecular weight is 426 g/mol. The largest absolute Gasteiger partial charge is 0.331 e. The molecule has 0 unspecified atom stereocenters. The number of hydrogen-bond donors (Lipinski definition) is 1. The van der Waals surface area contributed by atoms with E-state index in [2.05, 4.69) is 10.2 Å². The van der Waals surface area contributed by atoms with Gasteiger partial charge in [0.15, 0.2) is 11.6 Å². The summed E-state index contributed by atoms with van der Waals surface area (Å²) in [5.74, 6) is -3.21. The van der Waals surface area contributed by atoms with Crippen LogP contribution in [0.25, 0.3) is 0 Å². The molecule has 1 N–H and O–H groups in total. The second-order valence-corrected chi connectivity index (χ2v) is 8.67. The Labute approximate surface area is 167 Å². The zero-order valence-electron chi connectivity index (χ0n) is 15.6. The van der Waals surface area contributed by atoms with E-state index < -0.39 is 33.3 Å². The van der Waals surface area contributed by atoms with Gasteiger partial charge in [0.25, 0.3) is 0 Å². The highest BCUT2D eigenvalue weighted by atomic mass is 32.2. The van der Waals surface area contributed by atoms with Crippen LogP contribution in [0.5, 0.6) is 0 Å². The van der Waals surface area contributed by atoms with Gasteiger partial charge in [-0.25, -0.2) is 21.8 Å². The Kier molecular flexibility index (Phi) is 5.41. The van der Waals surface area contributed by atoms with Crippen molar-refractivity contribution < 1.29 is 21.6 Å². The van der Waals surface area contributed by atoms with Crippen LogP contribution in [0.4, 0.5) is 30.2 Å². The smallest absolute Gasteiger partial charge is 0.315 e. The van der Waals surface area contributed by atoms with E-state index in [1.165, 1.54) is 18.2 Å². The van der Waals surface area contributed by atoms with Crippen LogP contribution < -0.4 is 13.9 Å². The summed E-state index contributed by atoms with van der Waals surface area (Å²) >= 11 is 0. The molecule has 1 fully saturated rings. The summed E-state index contributed by atoms with van der Waals surface area (Å²) < 4.78 is 71.0. The van der Waals surface area contributed by atoms with Crippen LogP contribution in [0, 0.1) is 17.5 Å². The van der Waals surface area contributed by atoms with Gasteiger partial charge in [-0.05, 0) is 43.8 Å². The molecule has 0 amide bonds. The van der Waals surface area contributed by atoms with Gasteiger partial charge in [-0.1, -0.05) is 12.1 Å². The zero-order valence-corrected chi connectivity index (χ0v) is 16.4. The molecule has 0 aromatic heterocycles. The van der Waals surface area contributed by atoms with E-state index >= 15 is 0 Å². The molecule has 1 saturated heterocycles. The monoisotopic (exact) mass is 426 g/mol. The van der Waals surface area contributed by atoms with E-state index in [1.807, 2.05) is 0 Å². The minimum Gasteiger partial charge on any atom is -0.315 e. The van der Waals surface area contributed by atoms with Gasteiger partial charge >= 0.3 is 10.2 Å². The predicted octanol–water partition coefficient (Wildman–Crippen LogP) is 2.60. The van der Waals surface area contributed by atoms with Gasteiger partial charge in [0.05, 0.1) is 11.4 Å². The van der Waals surface area contributed by atoms with Gasteiger partial charge < -0.3 is 10.2 Å². The molecular weight excluding hydrogens is 405 g/mol. The van der Waals surface area contributed by atoms with E-state index in [0.29, 0.717) is 10.8 Å². The third-order valence-electron chi connectivity index (χ3n) is 5.14. The summed E-state index contributed by atoms with van der Waals surface area (Å²) in [7, 11) is -4.33. The quantitative estimate of drug-likeness (QED) is 0.817. The number of benzene rings is 2. The molecule has 2 heterocycles. The lowest BCUT2D eigenvalue weighted by molar-refractivity contribution is 0.301. The number of halogens is 3. The summed E-state index contributed by atoms with van der Waals surface area (Å²) in [6, 6.07) is 7.17. The lowest BCUT2D eigenvalue weighted by Crippen LogP contribution is -2.41. The number of hydrogen-bond acceptors (Lipinski definition) is 4. The number of nitrogens with one attached hydrogen (secondary N) is 1.